The van der Waals surface area contributed by atoms with Crippen LogP contribution in [0.2, 0.25) is 0 Å². The predicted molar refractivity (Wildman–Crippen MR) is 101 cm³/mol. The number of nitrogens with zero attached hydrogens (tertiary/aromatic N) is 2. The van der Waals surface area contributed by atoms with Gasteiger partial charge >= 0.3 is 12.1 Å². The molecule has 1 aliphatic rings. The van der Waals surface area contributed by atoms with Gasteiger partial charge in [0.25, 0.3) is 0 Å². The number of aromatic carboxylic acids is 1. The van der Waals surface area contributed by atoms with E-state index >= 15 is 0 Å². The number of carbonyl (C=O) groups excluding carboxylic acids is 1. The molecule has 7 nitrogen and oxygen atoms in total. The van der Waals surface area contributed by atoms with E-state index in [0.717, 1.165) is 12.0 Å². The van der Waals surface area contributed by atoms with Crippen molar-refractivity contribution in [1.82, 2.24) is 9.88 Å². The first-order valence-corrected chi connectivity index (χ1v) is 9.11. The summed E-state index contributed by atoms with van der Waals surface area (Å²) in [6.07, 6.45) is 0.994. The first-order valence-electron chi connectivity index (χ1n) is 9.11. The molecule has 7 heteroatoms. The average molecular weight is 380 g/mol. The lowest BCUT2D eigenvalue weighted by molar-refractivity contribution is 0.0604. The Kier molecular flexibility index (Phi) is 4.50. The Morgan fingerprint density at radius 1 is 1.21 bits per heavy atom. The zero-order valence-corrected chi connectivity index (χ0v) is 15.4. The molecule has 0 bridgehead atoms. The zero-order valence-electron chi connectivity index (χ0n) is 15.4. The molecule has 1 saturated heterocycles. The summed E-state index contributed by atoms with van der Waals surface area (Å²) in [5.74, 6) is -0.744. The molecule has 0 radical (unpaired) electrons. The minimum absolute atomic E-state index is 0.0762. The van der Waals surface area contributed by atoms with Gasteiger partial charge in [-0.25, -0.2) is 14.6 Å². The number of carboxylic acid groups (broad SMARTS) is 1. The summed E-state index contributed by atoms with van der Waals surface area (Å²) in [6.45, 7) is 2.58. The van der Waals surface area contributed by atoms with Crippen LogP contribution in [0.15, 0.2) is 52.9 Å². The van der Waals surface area contributed by atoms with E-state index in [-0.39, 0.29) is 17.7 Å². The Morgan fingerprint density at radius 3 is 2.75 bits per heavy atom. The maximum atomic E-state index is 12.7. The molecular formula is C21H20N2O5. The van der Waals surface area contributed by atoms with E-state index in [1.165, 1.54) is 6.07 Å². The molecule has 2 heterocycles. The Morgan fingerprint density at radius 2 is 2.00 bits per heavy atom. The predicted octanol–water partition coefficient (Wildman–Crippen LogP) is 4.17. The van der Waals surface area contributed by atoms with Crippen LogP contribution in [0.3, 0.4) is 0 Å². The number of oxazole rings is 1. The fraction of sp³-hybridized carbons (Fsp3) is 0.286. The summed E-state index contributed by atoms with van der Waals surface area (Å²) in [5, 5.41) is 9.37. The van der Waals surface area contributed by atoms with Crippen molar-refractivity contribution in [2.75, 3.05) is 6.54 Å². The highest BCUT2D eigenvalue weighted by atomic mass is 16.6. The van der Waals surface area contributed by atoms with Crippen molar-refractivity contribution in [3.63, 3.8) is 0 Å². The van der Waals surface area contributed by atoms with Crippen molar-refractivity contribution < 1.29 is 23.8 Å². The molecule has 1 fully saturated rings. The highest BCUT2D eigenvalue weighted by Gasteiger charge is 2.46. The Bertz CT molecular complexity index is 1030. The lowest BCUT2D eigenvalue weighted by Crippen LogP contribution is -2.43. The molecule has 0 spiro atoms. The number of carboxylic acids is 1. The van der Waals surface area contributed by atoms with Crippen LogP contribution in [-0.2, 0) is 16.9 Å². The van der Waals surface area contributed by atoms with Crippen LogP contribution in [0.5, 0.6) is 0 Å². The molecule has 0 saturated carbocycles. The fourth-order valence-electron chi connectivity index (χ4n) is 3.63. The summed E-state index contributed by atoms with van der Waals surface area (Å²) >= 11 is 0. The van der Waals surface area contributed by atoms with Gasteiger partial charge in [0.05, 0.1) is 5.56 Å². The molecule has 3 aromatic rings. The third-order valence-electron chi connectivity index (χ3n) is 5.18. The third-order valence-corrected chi connectivity index (χ3v) is 5.18. The van der Waals surface area contributed by atoms with Gasteiger partial charge in [0.2, 0.25) is 5.89 Å². The molecule has 4 rings (SSSR count). The molecular weight excluding hydrogens is 360 g/mol. The molecule has 1 aliphatic heterocycles. The van der Waals surface area contributed by atoms with Crippen molar-refractivity contribution in [1.29, 1.82) is 0 Å². The number of hydrogen-bond acceptors (Lipinski definition) is 5. The molecule has 2 aromatic carbocycles. The van der Waals surface area contributed by atoms with E-state index in [1.807, 2.05) is 37.3 Å². The lowest BCUT2D eigenvalue weighted by atomic mass is 9.99. The average Bonchev–Trinajstić information content (AvgIpc) is 3.31. The monoisotopic (exact) mass is 380 g/mol. The summed E-state index contributed by atoms with van der Waals surface area (Å²) in [7, 11) is 0. The number of fused-ring (bicyclic) bond motifs is 1. The van der Waals surface area contributed by atoms with E-state index in [2.05, 4.69) is 4.98 Å². The van der Waals surface area contributed by atoms with Gasteiger partial charge < -0.3 is 14.3 Å². The zero-order chi connectivity index (χ0) is 19.7. The topological polar surface area (TPSA) is 92.9 Å². The quantitative estimate of drug-likeness (QED) is 0.730. The van der Waals surface area contributed by atoms with Gasteiger partial charge in [-0.2, -0.15) is 0 Å². The number of ether oxygens (including phenoxy) is 1. The van der Waals surface area contributed by atoms with Gasteiger partial charge in [-0.15, -0.1) is 0 Å². The summed E-state index contributed by atoms with van der Waals surface area (Å²) in [4.78, 5) is 30.2. The number of benzene rings is 2. The molecule has 28 heavy (non-hydrogen) atoms. The van der Waals surface area contributed by atoms with E-state index in [0.29, 0.717) is 24.4 Å². The summed E-state index contributed by atoms with van der Waals surface area (Å²) < 4.78 is 11.4. The normalized spacial score (nSPS) is 19.1. The number of amides is 1. The van der Waals surface area contributed by atoms with E-state index in [1.54, 1.807) is 17.0 Å². The number of likely N-dealkylation sites (tertiary alicyclic amines) is 1. The van der Waals surface area contributed by atoms with Crippen molar-refractivity contribution in [2.24, 2.45) is 0 Å². The molecule has 1 N–H and O–H groups in total. The van der Waals surface area contributed by atoms with Crippen molar-refractivity contribution in [2.45, 2.75) is 31.9 Å². The van der Waals surface area contributed by atoms with E-state index in [4.69, 9.17) is 9.15 Å². The standard InChI is InChI=1S/C21H20N2O5/c1-21(19-22-17-15(18(24)25)9-5-10-16(17)28-19)11-6-12-23(21)20(26)27-13-14-7-3-2-4-8-14/h2-5,7-10H,6,11-13H2,1H3,(H,24,25). The van der Waals surface area contributed by atoms with Gasteiger partial charge in [0, 0.05) is 6.54 Å². The van der Waals surface area contributed by atoms with Crippen LogP contribution < -0.4 is 0 Å². The number of rotatable bonds is 4. The lowest BCUT2D eigenvalue weighted by Gasteiger charge is -2.31. The largest absolute Gasteiger partial charge is 0.478 e. The molecule has 144 valence electrons. The first-order chi connectivity index (χ1) is 13.5. The second-order valence-corrected chi connectivity index (χ2v) is 7.05. The third kappa shape index (κ3) is 3.09. The van der Waals surface area contributed by atoms with Crippen LogP contribution in [-0.4, -0.2) is 33.6 Å². The minimum Gasteiger partial charge on any atom is -0.478 e. The Hall–Kier alpha value is -3.35. The Balaban J connectivity index is 1.61. The number of hydrogen-bond donors (Lipinski definition) is 1. The van der Waals surface area contributed by atoms with Gasteiger partial charge in [-0.1, -0.05) is 36.4 Å². The first kappa shape index (κ1) is 18.0. The molecule has 1 amide bonds. The van der Waals surface area contributed by atoms with Gasteiger partial charge in [0.15, 0.2) is 5.58 Å². The second-order valence-electron chi connectivity index (χ2n) is 7.05. The van der Waals surface area contributed by atoms with Gasteiger partial charge in [-0.05, 0) is 37.5 Å². The summed E-state index contributed by atoms with van der Waals surface area (Å²) in [6, 6.07) is 14.2. The highest BCUT2D eigenvalue weighted by Crippen LogP contribution is 2.40. The molecule has 1 unspecified atom stereocenters. The van der Waals surface area contributed by atoms with Crippen LogP contribution in [0.25, 0.3) is 11.1 Å². The number of aromatic nitrogens is 1. The smallest absolute Gasteiger partial charge is 0.410 e. The maximum Gasteiger partial charge on any atom is 0.410 e. The van der Waals surface area contributed by atoms with Gasteiger partial charge in [-0.3, -0.25) is 4.90 Å². The highest BCUT2D eigenvalue weighted by molar-refractivity contribution is 6.00. The molecule has 1 atom stereocenters. The second kappa shape index (κ2) is 6.99. The van der Waals surface area contributed by atoms with Gasteiger partial charge in [0.1, 0.15) is 17.7 Å². The Labute approximate surface area is 161 Å². The fourth-order valence-corrected chi connectivity index (χ4v) is 3.63. The van der Waals surface area contributed by atoms with Crippen molar-refractivity contribution in [3.8, 4) is 0 Å². The van der Waals surface area contributed by atoms with Crippen molar-refractivity contribution >= 4 is 23.2 Å². The van der Waals surface area contributed by atoms with Crippen LogP contribution in [0.4, 0.5) is 4.79 Å². The van der Waals surface area contributed by atoms with Crippen LogP contribution in [0.1, 0.15) is 41.6 Å². The van der Waals surface area contributed by atoms with Crippen molar-refractivity contribution in [3.05, 3.63) is 65.5 Å². The molecule has 0 aliphatic carbocycles. The number of para-hydroxylation sites is 1. The maximum absolute atomic E-state index is 12.7. The minimum atomic E-state index is -1.07. The van der Waals surface area contributed by atoms with E-state index < -0.39 is 17.6 Å². The SMILES string of the molecule is CC1(c2nc3c(C(=O)O)cccc3o2)CCCN1C(=O)OCc1ccccc1. The van der Waals surface area contributed by atoms with E-state index in [9.17, 15) is 14.7 Å². The van der Waals surface area contributed by atoms with Crippen LogP contribution in [0, 0.1) is 0 Å². The summed E-state index contributed by atoms with van der Waals surface area (Å²) in [5.41, 5.74) is 0.871. The number of carbonyl (C=O) groups is 2. The molecule has 1 aromatic heterocycles. The van der Waals surface area contributed by atoms with Crippen LogP contribution >= 0.6 is 0 Å².